The highest BCUT2D eigenvalue weighted by Crippen LogP contribution is 2.28. The second-order valence-electron chi connectivity index (χ2n) is 16.6. The van der Waals surface area contributed by atoms with Crippen LogP contribution in [-0.2, 0) is 33.4 Å². The third kappa shape index (κ3) is 18.0. The molecule has 0 unspecified atom stereocenters. The molecular formula is C44H65N9O8. The summed E-state index contributed by atoms with van der Waals surface area (Å²) in [5.74, 6) is -0.178. The van der Waals surface area contributed by atoms with Crippen LogP contribution in [0.3, 0.4) is 0 Å². The van der Waals surface area contributed by atoms with E-state index in [1.54, 1.807) is 31.7 Å². The second kappa shape index (κ2) is 24.8. The second-order valence-corrected chi connectivity index (χ2v) is 16.6. The minimum Gasteiger partial charge on any atom is -0.379 e. The summed E-state index contributed by atoms with van der Waals surface area (Å²) in [6.45, 7) is 20.9. The molecule has 3 atom stereocenters. The SMILES string of the molecule is CC(C)c1ncc(-c2cc(C(=O)NCCOCCOCCOCCC(=O)N[C@@H](C)C(=O)N[C@@H](C)C(=O)N[C@@H](C)C(=O)NCC(C)(C)C)cc(-c3cnc(C(C)C)nc3)c2)cn1. The van der Waals surface area contributed by atoms with Crippen molar-refractivity contribution in [2.24, 2.45) is 5.41 Å². The Hall–Kier alpha value is -5.39. The number of hydrogen-bond donors (Lipinski definition) is 5. The Labute approximate surface area is 359 Å². The third-order valence-corrected chi connectivity index (χ3v) is 9.06. The summed E-state index contributed by atoms with van der Waals surface area (Å²) >= 11 is 0. The minimum atomic E-state index is -0.923. The lowest BCUT2D eigenvalue weighted by Crippen LogP contribution is -2.55. The maximum Gasteiger partial charge on any atom is 0.251 e. The van der Waals surface area contributed by atoms with Crippen molar-refractivity contribution >= 4 is 29.5 Å². The number of benzene rings is 1. The van der Waals surface area contributed by atoms with Gasteiger partial charge in [0.05, 0.1) is 39.6 Å². The van der Waals surface area contributed by atoms with E-state index in [1.807, 2.05) is 66.7 Å². The molecule has 2 aromatic heterocycles. The molecule has 0 fully saturated rings. The zero-order valence-electron chi connectivity index (χ0n) is 37.3. The maximum atomic E-state index is 13.3. The molecule has 1 aromatic carbocycles. The number of nitrogens with zero attached hydrogens (tertiary/aromatic N) is 4. The standard InChI is InChI=1S/C44H65N9O8/c1-27(2)38-46-22-35(23-47-38)32-19-33(36-24-48-39(28(3)4)49-25-36)21-34(20-32)43(58)45-12-14-60-16-18-61-17-15-59-13-11-37(54)51-30(6)41(56)53-31(7)42(57)52-29(5)40(55)50-26-44(8,9)10/h19-25,27-31H,11-18,26H2,1-10H3,(H,45,58)(H,50,55)(H,51,54)(H,52,57)(H,53,56)/t29-,30-,31-/m0/s1. The van der Waals surface area contributed by atoms with Gasteiger partial charge in [-0.05, 0) is 55.5 Å². The summed E-state index contributed by atoms with van der Waals surface area (Å²) in [6, 6.07) is 2.99. The molecule has 0 bridgehead atoms. The lowest BCUT2D eigenvalue weighted by molar-refractivity contribution is -0.133. The van der Waals surface area contributed by atoms with Crippen LogP contribution in [-0.4, -0.2) is 120 Å². The number of nitrogens with one attached hydrogen (secondary N) is 5. The first kappa shape index (κ1) is 50.0. The molecule has 61 heavy (non-hydrogen) atoms. The molecular weight excluding hydrogens is 783 g/mol. The van der Waals surface area contributed by atoms with Gasteiger partial charge in [0.2, 0.25) is 23.6 Å². The molecule has 334 valence electrons. The van der Waals surface area contributed by atoms with Crippen LogP contribution in [0, 0.1) is 5.41 Å². The first-order valence-corrected chi connectivity index (χ1v) is 20.8. The summed E-state index contributed by atoms with van der Waals surface area (Å²) in [5, 5.41) is 13.4. The molecule has 0 radical (unpaired) electrons. The first-order valence-electron chi connectivity index (χ1n) is 20.8. The molecule has 5 N–H and O–H groups in total. The summed E-state index contributed by atoms with van der Waals surface area (Å²) in [5.41, 5.74) is 3.52. The molecule has 5 amide bonds. The average molecular weight is 848 g/mol. The number of ether oxygens (including phenoxy) is 3. The highest BCUT2D eigenvalue weighted by Gasteiger charge is 2.24. The summed E-state index contributed by atoms with van der Waals surface area (Å²) < 4.78 is 16.6. The molecule has 0 aliphatic rings. The maximum absolute atomic E-state index is 13.3. The van der Waals surface area contributed by atoms with Gasteiger partial charge in [0, 0.05) is 72.8 Å². The molecule has 17 heteroatoms. The van der Waals surface area contributed by atoms with Gasteiger partial charge in [0.25, 0.3) is 5.91 Å². The largest absolute Gasteiger partial charge is 0.379 e. The number of amides is 5. The van der Waals surface area contributed by atoms with Crippen LogP contribution in [0.25, 0.3) is 22.3 Å². The normalized spacial score (nSPS) is 13.0. The van der Waals surface area contributed by atoms with Crippen LogP contribution in [0.1, 0.15) is 110 Å². The zero-order chi connectivity index (χ0) is 45.1. The summed E-state index contributed by atoms with van der Waals surface area (Å²) in [7, 11) is 0. The van der Waals surface area contributed by atoms with Crippen LogP contribution >= 0.6 is 0 Å². The molecule has 3 aromatic rings. The van der Waals surface area contributed by atoms with Gasteiger partial charge in [-0.3, -0.25) is 24.0 Å². The Bertz CT molecular complexity index is 1810. The molecule has 0 saturated heterocycles. The van der Waals surface area contributed by atoms with E-state index >= 15 is 0 Å². The van der Waals surface area contributed by atoms with Crippen molar-refractivity contribution in [2.75, 3.05) is 52.7 Å². The summed E-state index contributed by atoms with van der Waals surface area (Å²) in [6.07, 6.45) is 7.09. The Balaban J connectivity index is 1.31. The molecule has 0 saturated carbocycles. The van der Waals surface area contributed by atoms with Crippen molar-refractivity contribution in [3.8, 4) is 22.3 Å². The average Bonchev–Trinajstić information content (AvgIpc) is 3.22. The number of carbonyl (C=O) groups excluding carboxylic acids is 5. The summed E-state index contributed by atoms with van der Waals surface area (Å²) in [4.78, 5) is 81.0. The number of carbonyl (C=O) groups is 5. The molecule has 3 rings (SSSR count). The monoisotopic (exact) mass is 847 g/mol. The van der Waals surface area contributed by atoms with Crippen molar-refractivity contribution in [2.45, 2.75) is 106 Å². The van der Waals surface area contributed by atoms with Gasteiger partial charge in [-0.1, -0.05) is 48.5 Å². The van der Waals surface area contributed by atoms with E-state index < -0.39 is 35.8 Å². The Morgan fingerprint density at radius 2 is 0.967 bits per heavy atom. The van der Waals surface area contributed by atoms with Crippen LogP contribution < -0.4 is 26.6 Å². The van der Waals surface area contributed by atoms with Gasteiger partial charge in [-0.25, -0.2) is 19.9 Å². The highest BCUT2D eigenvalue weighted by atomic mass is 16.5. The van der Waals surface area contributed by atoms with Crippen molar-refractivity contribution < 1.29 is 38.2 Å². The molecule has 0 aliphatic heterocycles. The number of rotatable bonds is 24. The van der Waals surface area contributed by atoms with Crippen LogP contribution in [0.15, 0.2) is 43.0 Å². The predicted molar refractivity (Wildman–Crippen MR) is 231 cm³/mol. The topological polar surface area (TPSA) is 225 Å². The molecule has 0 aliphatic carbocycles. The van der Waals surface area contributed by atoms with Gasteiger partial charge >= 0.3 is 0 Å². The lowest BCUT2D eigenvalue weighted by Gasteiger charge is -2.22. The smallest absolute Gasteiger partial charge is 0.251 e. The quantitative estimate of drug-likeness (QED) is 0.0815. The van der Waals surface area contributed by atoms with Crippen LogP contribution in [0.2, 0.25) is 0 Å². The fourth-order valence-electron chi connectivity index (χ4n) is 5.40. The van der Waals surface area contributed by atoms with E-state index in [9.17, 15) is 24.0 Å². The van der Waals surface area contributed by atoms with E-state index in [1.165, 1.54) is 13.8 Å². The van der Waals surface area contributed by atoms with E-state index in [0.717, 1.165) is 33.9 Å². The van der Waals surface area contributed by atoms with Gasteiger partial charge in [0.1, 0.15) is 29.8 Å². The minimum absolute atomic E-state index is 0.0227. The van der Waals surface area contributed by atoms with E-state index in [0.29, 0.717) is 25.3 Å². The lowest BCUT2D eigenvalue weighted by atomic mass is 9.97. The van der Waals surface area contributed by atoms with Crippen molar-refractivity contribution in [3.63, 3.8) is 0 Å². The van der Waals surface area contributed by atoms with Gasteiger partial charge < -0.3 is 40.8 Å². The Morgan fingerprint density at radius 3 is 1.43 bits per heavy atom. The molecule has 0 spiro atoms. The number of hydrogen-bond acceptors (Lipinski definition) is 12. The third-order valence-electron chi connectivity index (χ3n) is 9.06. The fraction of sp³-hybridized carbons (Fsp3) is 0.568. The van der Waals surface area contributed by atoms with Crippen molar-refractivity contribution in [1.29, 1.82) is 0 Å². The van der Waals surface area contributed by atoms with E-state index in [4.69, 9.17) is 14.2 Å². The fourth-order valence-corrected chi connectivity index (χ4v) is 5.40. The van der Waals surface area contributed by atoms with Gasteiger partial charge in [-0.2, -0.15) is 0 Å². The van der Waals surface area contributed by atoms with Crippen LogP contribution in [0.5, 0.6) is 0 Å². The first-order chi connectivity index (χ1) is 28.8. The van der Waals surface area contributed by atoms with Crippen LogP contribution in [0.4, 0.5) is 0 Å². The van der Waals surface area contributed by atoms with Crippen molar-refractivity contribution in [3.05, 3.63) is 60.2 Å². The molecule has 2 heterocycles. The van der Waals surface area contributed by atoms with E-state index in [2.05, 4.69) is 46.5 Å². The van der Waals surface area contributed by atoms with Gasteiger partial charge in [0.15, 0.2) is 0 Å². The van der Waals surface area contributed by atoms with E-state index in [-0.39, 0.29) is 68.5 Å². The van der Waals surface area contributed by atoms with Crippen molar-refractivity contribution in [1.82, 2.24) is 46.5 Å². The highest BCUT2D eigenvalue weighted by molar-refractivity contribution is 5.97. The Morgan fingerprint density at radius 1 is 0.541 bits per heavy atom. The predicted octanol–water partition coefficient (Wildman–Crippen LogP) is 3.69. The zero-order valence-corrected chi connectivity index (χ0v) is 37.3. The molecule has 17 nitrogen and oxygen atoms in total. The Kier molecular flexibility index (Phi) is 20.3. The number of aromatic nitrogens is 4. The van der Waals surface area contributed by atoms with Gasteiger partial charge in [-0.15, -0.1) is 0 Å².